The van der Waals surface area contributed by atoms with Gasteiger partial charge in [-0.15, -0.1) is 23.4 Å². The predicted molar refractivity (Wildman–Crippen MR) is 139 cm³/mol. The summed E-state index contributed by atoms with van der Waals surface area (Å²) in [6.45, 7) is 2.80. The third-order valence-electron chi connectivity index (χ3n) is 7.73. The van der Waals surface area contributed by atoms with Gasteiger partial charge in [-0.05, 0) is 68.4 Å². The highest BCUT2D eigenvalue weighted by molar-refractivity contribution is 8.00. The van der Waals surface area contributed by atoms with Crippen LogP contribution < -0.4 is 5.32 Å². The summed E-state index contributed by atoms with van der Waals surface area (Å²) >= 11 is 8.36. The number of likely N-dealkylation sites (tertiary alicyclic amines) is 1. The molecule has 1 saturated heterocycles. The number of carbonyl (C=O) groups is 2. The predicted octanol–water partition coefficient (Wildman–Crippen LogP) is 5.36. The van der Waals surface area contributed by atoms with E-state index in [0.29, 0.717) is 22.6 Å². The molecule has 3 aliphatic rings. The fourth-order valence-electron chi connectivity index (χ4n) is 5.93. The van der Waals surface area contributed by atoms with Gasteiger partial charge in [0.15, 0.2) is 0 Å². The van der Waals surface area contributed by atoms with Crippen LogP contribution in [0.2, 0.25) is 0 Å². The van der Waals surface area contributed by atoms with Gasteiger partial charge in [0.2, 0.25) is 0 Å². The first-order valence-corrected chi connectivity index (χ1v) is 13.6. The second-order valence-corrected chi connectivity index (χ2v) is 11.6. The van der Waals surface area contributed by atoms with Crippen molar-refractivity contribution in [3.63, 3.8) is 0 Å². The molecule has 6 atom stereocenters. The molecule has 1 saturated carbocycles. The van der Waals surface area contributed by atoms with E-state index in [1.165, 1.54) is 17.8 Å². The number of hydrogen-bond donors (Lipinski definition) is 2. The number of alkyl halides is 1. The number of nitro groups is 1. The quantitative estimate of drug-likeness (QED) is 0.304. The Bertz CT molecular complexity index is 1210. The van der Waals surface area contributed by atoms with Crippen molar-refractivity contribution in [1.29, 1.82) is 0 Å². The van der Waals surface area contributed by atoms with E-state index in [1.54, 1.807) is 30.3 Å². The number of carboxylic acids is 1. The van der Waals surface area contributed by atoms with Gasteiger partial charge in [0.1, 0.15) is 6.04 Å². The molecule has 5 rings (SSSR count). The second-order valence-electron chi connectivity index (χ2n) is 9.86. The van der Waals surface area contributed by atoms with Crippen molar-refractivity contribution in [2.45, 2.75) is 66.1 Å². The number of amides is 1. The Morgan fingerprint density at radius 1 is 1.22 bits per heavy atom. The number of benzene rings is 2. The van der Waals surface area contributed by atoms with Crippen LogP contribution in [0.4, 0.5) is 11.4 Å². The Labute approximate surface area is 218 Å². The van der Waals surface area contributed by atoms with Crippen molar-refractivity contribution in [1.82, 2.24) is 4.90 Å². The van der Waals surface area contributed by atoms with Gasteiger partial charge in [-0.3, -0.25) is 14.9 Å². The highest BCUT2D eigenvalue weighted by atomic mass is 35.5. The molecule has 0 aromatic heterocycles. The molecule has 1 amide bonds. The molecule has 1 aliphatic carbocycles. The zero-order valence-corrected chi connectivity index (χ0v) is 21.4. The van der Waals surface area contributed by atoms with Gasteiger partial charge in [-0.1, -0.05) is 12.1 Å². The molecule has 36 heavy (non-hydrogen) atoms. The van der Waals surface area contributed by atoms with Crippen LogP contribution in [-0.2, 0) is 4.79 Å². The third kappa shape index (κ3) is 4.43. The number of carbonyl (C=O) groups excluding carboxylic acids is 1. The highest BCUT2D eigenvalue weighted by Gasteiger charge is 2.52. The Kier molecular flexibility index (Phi) is 6.87. The maximum atomic E-state index is 13.4. The largest absolute Gasteiger partial charge is 0.480 e. The van der Waals surface area contributed by atoms with Crippen LogP contribution in [0.15, 0.2) is 47.4 Å². The van der Waals surface area contributed by atoms with Crippen molar-refractivity contribution >= 4 is 46.6 Å². The number of nitrogens with zero attached hydrogens (tertiary/aromatic N) is 2. The van der Waals surface area contributed by atoms with Crippen LogP contribution in [-0.4, -0.2) is 56.1 Å². The number of fused-ring (bicyclic) bond motifs is 3. The number of para-hydroxylation sites is 1. The zero-order valence-electron chi connectivity index (χ0n) is 19.8. The number of halogens is 1. The zero-order chi connectivity index (χ0) is 25.6. The van der Waals surface area contributed by atoms with E-state index >= 15 is 0 Å². The summed E-state index contributed by atoms with van der Waals surface area (Å²) in [5.41, 5.74) is 2.11. The molecule has 2 aromatic rings. The lowest BCUT2D eigenvalue weighted by molar-refractivity contribution is -0.387. The number of carboxylic acid groups (broad SMARTS) is 1. The summed E-state index contributed by atoms with van der Waals surface area (Å²) in [5.74, 6) is -1.58. The maximum absolute atomic E-state index is 13.4. The number of thioether (sulfide) groups is 1. The van der Waals surface area contributed by atoms with Crippen molar-refractivity contribution < 1.29 is 19.6 Å². The van der Waals surface area contributed by atoms with Gasteiger partial charge in [-0.25, -0.2) is 4.79 Å². The molecule has 2 fully saturated rings. The number of anilines is 1. The fourth-order valence-corrected chi connectivity index (χ4v) is 7.87. The van der Waals surface area contributed by atoms with E-state index in [1.807, 2.05) is 11.0 Å². The summed E-state index contributed by atoms with van der Waals surface area (Å²) in [6, 6.07) is 11.3. The van der Waals surface area contributed by atoms with E-state index in [4.69, 9.17) is 11.6 Å². The third-order valence-corrected chi connectivity index (χ3v) is 9.84. The summed E-state index contributed by atoms with van der Waals surface area (Å²) in [4.78, 5) is 39.1. The van der Waals surface area contributed by atoms with Crippen LogP contribution in [0, 0.1) is 16.0 Å². The first-order valence-electron chi connectivity index (χ1n) is 12.2. The average Bonchev–Trinajstić information content (AvgIpc) is 3.19. The first kappa shape index (κ1) is 24.9. The summed E-state index contributed by atoms with van der Waals surface area (Å²) in [7, 11) is 0. The van der Waals surface area contributed by atoms with Gasteiger partial charge in [0, 0.05) is 41.1 Å². The first-order chi connectivity index (χ1) is 17.3. The average molecular weight is 530 g/mol. The minimum Gasteiger partial charge on any atom is -0.480 e. The molecule has 0 unspecified atom stereocenters. The number of rotatable bonds is 5. The summed E-state index contributed by atoms with van der Waals surface area (Å²) < 4.78 is 0. The minimum absolute atomic E-state index is 0.0121. The molecule has 0 bridgehead atoms. The van der Waals surface area contributed by atoms with Gasteiger partial charge < -0.3 is 15.3 Å². The van der Waals surface area contributed by atoms with E-state index in [9.17, 15) is 24.8 Å². The van der Waals surface area contributed by atoms with Gasteiger partial charge >= 0.3 is 5.97 Å². The molecule has 2 heterocycles. The Hall–Kier alpha value is -2.78. The van der Waals surface area contributed by atoms with Crippen molar-refractivity contribution in [3.05, 3.63) is 63.7 Å². The lowest BCUT2D eigenvalue weighted by Gasteiger charge is -2.37. The van der Waals surface area contributed by atoms with Crippen LogP contribution in [0.1, 0.15) is 54.4 Å². The van der Waals surface area contributed by atoms with Gasteiger partial charge in [0.25, 0.3) is 11.6 Å². The number of hydrogen-bond acceptors (Lipinski definition) is 6. The number of nitrogens with one attached hydrogen (secondary N) is 1. The Morgan fingerprint density at radius 3 is 2.72 bits per heavy atom. The Morgan fingerprint density at radius 2 is 2.00 bits per heavy atom. The van der Waals surface area contributed by atoms with E-state index < -0.39 is 22.3 Å². The second kappa shape index (κ2) is 9.94. The molecule has 8 nitrogen and oxygen atoms in total. The number of aliphatic carboxylic acids is 1. The van der Waals surface area contributed by atoms with E-state index in [2.05, 4.69) is 12.2 Å². The molecule has 2 N–H and O–H groups in total. The highest BCUT2D eigenvalue weighted by Crippen LogP contribution is 2.55. The normalized spacial score (nSPS) is 29.1. The SMILES string of the molecule is C[C@@H]1CCCCN1C(=O)c1ccc2c(c1)[C@@H]1[C@H](Cl)[C@H](Sc3ccccc3[N+](=O)[O-])C[C@H]1[C@H](C(=O)O)N2. The van der Waals surface area contributed by atoms with Gasteiger partial charge in [0.05, 0.1) is 15.2 Å². The molecular formula is C26H28ClN3O5S. The molecule has 2 aromatic carbocycles. The van der Waals surface area contributed by atoms with Crippen LogP contribution in [0.3, 0.4) is 0 Å². The molecular weight excluding hydrogens is 502 g/mol. The molecule has 2 aliphatic heterocycles. The van der Waals surface area contributed by atoms with Crippen LogP contribution in [0.5, 0.6) is 0 Å². The lowest BCUT2D eigenvalue weighted by atomic mass is 9.79. The van der Waals surface area contributed by atoms with E-state index in [0.717, 1.165) is 31.4 Å². The number of nitro benzene ring substituents is 1. The standard InChI is InChI=1S/C26H28ClN3O5S/c1-14-6-4-5-11-29(14)25(31)15-9-10-18-16(12-15)22-17(24(28-18)26(32)33)13-21(23(22)27)36-20-8-3-2-7-19(20)30(34)35/h2-3,7-10,12,14,17,21-24,28H,4-6,11,13H2,1H3,(H,32,33)/t14-,17-,21-,22+,23-,24-/m1/s1. The Balaban J connectivity index is 1.48. The van der Waals surface area contributed by atoms with Gasteiger partial charge in [-0.2, -0.15) is 0 Å². The van der Waals surface area contributed by atoms with Crippen LogP contribution >= 0.6 is 23.4 Å². The summed E-state index contributed by atoms with van der Waals surface area (Å²) in [5, 5.41) is 24.0. The molecule has 190 valence electrons. The molecule has 0 spiro atoms. The molecule has 10 heteroatoms. The number of piperidine rings is 1. The van der Waals surface area contributed by atoms with Crippen molar-refractivity contribution in [3.8, 4) is 0 Å². The van der Waals surface area contributed by atoms with Crippen LogP contribution in [0.25, 0.3) is 0 Å². The smallest absolute Gasteiger partial charge is 0.326 e. The maximum Gasteiger partial charge on any atom is 0.326 e. The van der Waals surface area contributed by atoms with Crippen molar-refractivity contribution in [2.24, 2.45) is 5.92 Å². The fraction of sp³-hybridized carbons (Fsp3) is 0.462. The van der Waals surface area contributed by atoms with E-state index in [-0.39, 0.29) is 34.7 Å². The topological polar surface area (TPSA) is 113 Å². The monoisotopic (exact) mass is 529 g/mol. The lowest BCUT2D eigenvalue weighted by Crippen LogP contribution is -2.43. The molecule has 0 radical (unpaired) electrons. The van der Waals surface area contributed by atoms with Crippen molar-refractivity contribution in [2.75, 3.05) is 11.9 Å². The summed E-state index contributed by atoms with van der Waals surface area (Å²) in [6.07, 6.45) is 3.57. The minimum atomic E-state index is -0.960.